The summed E-state index contributed by atoms with van der Waals surface area (Å²) in [5, 5.41) is 0.805. The summed E-state index contributed by atoms with van der Waals surface area (Å²) in [4.78, 5) is 2.50. The Balaban J connectivity index is 1.91. The number of rotatable bonds is 2. The summed E-state index contributed by atoms with van der Waals surface area (Å²) in [6.07, 6.45) is 2.45. The monoisotopic (exact) mass is 285 g/mol. The Bertz CT molecular complexity index is 616. The zero-order chi connectivity index (χ0) is 14.1. The first-order valence-corrected chi connectivity index (χ1v) is 7.61. The molecule has 2 aromatic carbocycles. The van der Waals surface area contributed by atoms with Gasteiger partial charge in [0, 0.05) is 23.8 Å². The van der Waals surface area contributed by atoms with Gasteiger partial charge in [0.05, 0.1) is 0 Å². The van der Waals surface area contributed by atoms with E-state index in [1.165, 1.54) is 40.8 Å². The van der Waals surface area contributed by atoms with Crippen LogP contribution in [0.15, 0.2) is 36.4 Å². The van der Waals surface area contributed by atoms with E-state index in [4.69, 9.17) is 11.6 Å². The van der Waals surface area contributed by atoms with Gasteiger partial charge in [-0.05, 0) is 67.1 Å². The topological polar surface area (TPSA) is 3.24 Å². The number of fused-ring (bicyclic) bond motifs is 1. The molecule has 0 aliphatic carbocycles. The SMILES string of the molecule is Cc1cc(C)c2c(c1)N(Cc1ccc(Cl)cc1)CCC2. The maximum Gasteiger partial charge on any atom is 0.0429 e. The first-order chi connectivity index (χ1) is 9.63. The van der Waals surface area contributed by atoms with Crippen LogP contribution in [0.25, 0.3) is 0 Å². The van der Waals surface area contributed by atoms with E-state index < -0.39 is 0 Å². The molecule has 0 unspecified atom stereocenters. The molecule has 20 heavy (non-hydrogen) atoms. The first-order valence-electron chi connectivity index (χ1n) is 7.23. The van der Waals surface area contributed by atoms with E-state index in [0.29, 0.717) is 0 Å². The summed E-state index contributed by atoms with van der Waals surface area (Å²) in [5.41, 5.74) is 7.05. The van der Waals surface area contributed by atoms with Crippen LogP contribution in [0.1, 0.15) is 28.7 Å². The van der Waals surface area contributed by atoms with E-state index in [2.05, 4.69) is 43.0 Å². The first kappa shape index (κ1) is 13.5. The molecule has 0 bridgehead atoms. The molecule has 0 amide bonds. The van der Waals surface area contributed by atoms with E-state index in [9.17, 15) is 0 Å². The van der Waals surface area contributed by atoms with Crippen molar-refractivity contribution in [3.05, 3.63) is 63.7 Å². The van der Waals surface area contributed by atoms with Gasteiger partial charge in [0.2, 0.25) is 0 Å². The Morgan fingerprint density at radius 1 is 1.10 bits per heavy atom. The third kappa shape index (κ3) is 2.69. The number of halogens is 1. The molecule has 3 rings (SSSR count). The molecule has 0 spiro atoms. The molecule has 0 radical (unpaired) electrons. The zero-order valence-electron chi connectivity index (χ0n) is 12.1. The molecular weight excluding hydrogens is 266 g/mol. The molecule has 0 saturated carbocycles. The Morgan fingerprint density at radius 3 is 2.60 bits per heavy atom. The Morgan fingerprint density at radius 2 is 1.85 bits per heavy atom. The third-order valence-electron chi connectivity index (χ3n) is 4.08. The fraction of sp³-hybridized carbons (Fsp3) is 0.333. The Kier molecular flexibility index (Phi) is 3.71. The quantitative estimate of drug-likeness (QED) is 0.758. The van der Waals surface area contributed by atoms with Gasteiger partial charge in [-0.1, -0.05) is 29.8 Å². The maximum atomic E-state index is 5.96. The van der Waals surface area contributed by atoms with Crippen molar-refractivity contribution in [1.29, 1.82) is 0 Å². The molecule has 0 atom stereocenters. The lowest BCUT2D eigenvalue weighted by atomic mass is 9.94. The molecule has 1 nitrogen and oxygen atoms in total. The second-order valence-corrected chi connectivity index (χ2v) is 6.17. The maximum absolute atomic E-state index is 5.96. The number of aryl methyl sites for hydroxylation is 2. The van der Waals surface area contributed by atoms with E-state index >= 15 is 0 Å². The highest BCUT2D eigenvalue weighted by atomic mass is 35.5. The second kappa shape index (κ2) is 5.49. The number of nitrogens with zero attached hydrogens (tertiary/aromatic N) is 1. The van der Waals surface area contributed by atoms with Crippen molar-refractivity contribution in [3.8, 4) is 0 Å². The molecule has 0 aromatic heterocycles. The summed E-state index contributed by atoms with van der Waals surface area (Å²) >= 11 is 5.96. The van der Waals surface area contributed by atoms with E-state index in [1.54, 1.807) is 0 Å². The van der Waals surface area contributed by atoms with Crippen molar-refractivity contribution in [3.63, 3.8) is 0 Å². The summed E-state index contributed by atoms with van der Waals surface area (Å²) in [7, 11) is 0. The number of benzene rings is 2. The van der Waals surface area contributed by atoms with Gasteiger partial charge >= 0.3 is 0 Å². The summed E-state index contributed by atoms with van der Waals surface area (Å²) in [6.45, 7) is 6.52. The van der Waals surface area contributed by atoms with Gasteiger partial charge in [0.25, 0.3) is 0 Å². The van der Waals surface area contributed by atoms with Gasteiger partial charge < -0.3 is 4.90 Å². The average Bonchev–Trinajstić information content (AvgIpc) is 2.42. The molecule has 104 valence electrons. The molecule has 0 saturated heterocycles. The van der Waals surface area contributed by atoms with Crippen molar-refractivity contribution >= 4 is 17.3 Å². The zero-order valence-corrected chi connectivity index (χ0v) is 12.9. The van der Waals surface area contributed by atoms with E-state index in [-0.39, 0.29) is 0 Å². The summed E-state index contributed by atoms with van der Waals surface area (Å²) in [6, 6.07) is 12.8. The van der Waals surface area contributed by atoms with Gasteiger partial charge in [-0.15, -0.1) is 0 Å². The molecule has 1 aliphatic heterocycles. The van der Waals surface area contributed by atoms with Gasteiger partial charge in [0.15, 0.2) is 0 Å². The van der Waals surface area contributed by atoms with Crippen molar-refractivity contribution in [2.24, 2.45) is 0 Å². The van der Waals surface area contributed by atoms with Crippen molar-refractivity contribution in [1.82, 2.24) is 0 Å². The van der Waals surface area contributed by atoms with Crippen LogP contribution >= 0.6 is 11.6 Å². The van der Waals surface area contributed by atoms with Crippen molar-refractivity contribution in [2.75, 3.05) is 11.4 Å². The van der Waals surface area contributed by atoms with Crippen LogP contribution < -0.4 is 4.90 Å². The minimum Gasteiger partial charge on any atom is -0.367 e. The minimum atomic E-state index is 0.805. The molecule has 0 N–H and O–H groups in total. The lowest BCUT2D eigenvalue weighted by Gasteiger charge is -2.33. The molecule has 1 aliphatic rings. The van der Waals surface area contributed by atoms with Crippen LogP contribution in [0.3, 0.4) is 0 Å². The average molecular weight is 286 g/mol. The lowest BCUT2D eigenvalue weighted by molar-refractivity contribution is 0.688. The van der Waals surface area contributed by atoms with Crippen LogP contribution in [0.4, 0.5) is 5.69 Å². The third-order valence-corrected chi connectivity index (χ3v) is 4.33. The predicted octanol–water partition coefficient (Wildman–Crippen LogP) is 4.91. The molecular formula is C18H20ClN. The Labute approximate surface area is 126 Å². The molecule has 2 heteroatoms. The Hall–Kier alpha value is -1.47. The predicted molar refractivity (Wildman–Crippen MR) is 86.7 cm³/mol. The number of anilines is 1. The fourth-order valence-corrected chi connectivity index (χ4v) is 3.25. The highest BCUT2D eigenvalue weighted by Crippen LogP contribution is 2.32. The normalized spacial score (nSPS) is 14.2. The highest BCUT2D eigenvalue weighted by molar-refractivity contribution is 6.30. The summed E-state index contributed by atoms with van der Waals surface area (Å²) in [5.74, 6) is 0. The molecule has 0 fully saturated rings. The molecule has 2 aromatic rings. The van der Waals surface area contributed by atoms with Gasteiger partial charge in [-0.3, -0.25) is 0 Å². The van der Waals surface area contributed by atoms with Crippen LogP contribution in [0, 0.1) is 13.8 Å². The van der Waals surface area contributed by atoms with Crippen molar-refractivity contribution in [2.45, 2.75) is 33.2 Å². The smallest absolute Gasteiger partial charge is 0.0429 e. The van der Waals surface area contributed by atoms with Gasteiger partial charge in [0.1, 0.15) is 0 Å². The lowest BCUT2D eigenvalue weighted by Crippen LogP contribution is -2.29. The van der Waals surface area contributed by atoms with Crippen molar-refractivity contribution < 1.29 is 0 Å². The van der Waals surface area contributed by atoms with Crippen LogP contribution in [-0.2, 0) is 13.0 Å². The van der Waals surface area contributed by atoms with Gasteiger partial charge in [-0.2, -0.15) is 0 Å². The number of hydrogen-bond donors (Lipinski definition) is 0. The standard InChI is InChI=1S/C18H20ClN/c1-13-10-14(2)17-4-3-9-20(18(17)11-13)12-15-5-7-16(19)8-6-15/h5-8,10-11H,3-4,9,12H2,1-2H3. The van der Waals surface area contributed by atoms with E-state index in [0.717, 1.165) is 18.1 Å². The van der Waals surface area contributed by atoms with Crippen LogP contribution in [0.2, 0.25) is 5.02 Å². The summed E-state index contributed by atoms with van der Waals surface area (Å²) < 4.78 is 0. The highest BCUT2D eigenvalue weighted by Gasteiger charge is 2.18. The minimum absolute atomic E-state index is 0.805. The number of hydrogen-bond acceptors (Lipinski definition) is 1. The fourth-order valence-electron chi connectivity index (χ4n) is 3.12. The second-order valence-electron chi connectivity index (χ2n) is 5.73. The molecule has 1 heterocycles. The van der Waals surface area contributed by atoms with Gasteiger partial charge in [-0.25, -0.2) is 0 Å². The van der Waals surface area contributed by atoms with Crippen LogP contribution in [-0.4, -0.2) is 6.54 Å². The van der Waals surface area contributed by atoms with Crippen LogP contribution in [0.5, 0.6) is 0 Å². The largest absolute Gasteiger partial charge is 0.367 e. The van der Waals surface area contributed by atoms with E-state index in [1.807, 2.05) is 12.1 Å².